The fourth-order valence-electron chi connectivity index (χ4n) is 3.77. The number of piperidine rings is 1. The second kappa shape index (κ2) is 10.6. The number of aryl methyl sites for hydroxylation is 1. The van der Waals surface area contributed by atoms with Crippen LogP contribution in [0.2, 0.25) is 5.02 Å². The standard InChI is InChI=1S/C23H30ClN5O2/c1-16(30)28(3)15-19-14-21(25-2)27-23(26-19)20-6-4-5-13-29(20)22(31)12-9-17-7-10-18(24)11-8-17/h7-8,10-11,14,20H,4-6,9,12-13,15H2,1-3H3,(H,25,26,27). The van der Waals surface area contributed by atoms with E-state index >= 15 is 0 Å². The molecule has 0 spiro atoms. The Kier molecular flexibility index (Phi) is 7.85. The molecular formula is C23H30ClN5O2. The van der Waals surface area contributed by atoms with Crippen LogP contribution in [-0.2, 0) is 22.6 Å². The zero-order valence-electron chi connectivity index (χ0n) is 18.4. The van der Waals surface area contributed by atoms with Crippen LogP contribution in [-0.4, -0.2) is 52.2 Å². The molecule has 8 heteroatoms. The summed E-state index contributed by atoms with van der Waals surface area (Å²) in [5.41, 5.74) is 1.85. The largest absolute Gasteiger partial charge is 0.373 e. The molecule has 1 N–H and O–H groups in total. The summed E-state index contributed by atoms with van der Waals surface area (Å²) in [4.78, 5) is 37.7. The molecule has 1 saturated heterocycles. The molecule has 3 rings (SSSR count). The lowest BCUT2D eigenvalue weighted by atomic mass is 9.99. The number of aromatic nitrogens is 2. The van der Waals surface area contributed by atoms with Crippen LogP contribution in [0.3, 0.4) is 0 Å². The first kappa shape index (κ1) is 23.0. The summed E-state index contributed by atoms with van der Waals surface area (Å²) in [7, 11) is 3.55. The quantitative estimate of drug-likeness (QED) is 0.703. The maximum absolute atomic E-state index is 13.1. The molecule has 0 bridgehead atoms. The van der Waals surface area contributed by atoms with Gasteiger partial charge in [0.1, 0.15) is 5.82 Å². The minimum Gasteiger partial charge on any atom is -0.373 e. The Labute approximate surface area is 188 Å². The van der Waals surface area contributed by atoms with E-state index in [1.807, 2.05) is 35.2 Å². The highest BCUT2D eigenvalue weighted by atomic mass is 35.5. The molecule has 2 heterocycles. The number of nitrogens with one attached hydrogen (secondary N) is 1. The summed E-state index contributed by atoms with van der Waals surface area (Å²) in [5.74, 6) is 1.41. The van der Waals surface area contributed by atoms with E-state index in [0.717, 1.165) is 30.5 Å². The van der Waals surface area contributed by atoms with Crippen molar-refractivity contribution in [2.24, 2.45) is 0 Å². The van der Waals surface area contributed by atoms with Crippen molar-refractivity contribution in [3.8, 4) is 0 Å². The third-order valence-electron chi connectivity index (χ3n) is 5.65. The smallest absolute Gasteiger partial charge is 0.223 e. The van der Waals surface area contributed by atoms with Crippen LogP contribution >= 0.6 is 11.6 Å². The molecule has 1 fully saturated rings. The van der Waals surface area contributed by atoms with Crippen LogP contribution < -0.4 is 5.32 Å². The molecule has 2 amide bonds. The highest BCUT2D eigenvalue weighted by Crippen LogP contribution is 2.30. The van der Waals surface area contributed by atoms with Crippen molar-refractivity contribution in [3.05, 3.63) is 52.4 Å². The van der Waals surface area contributed by atoms with Gasteiger partial charge in [0.25, 0.3) is 0 Å². The Morgan fingerprint density at radius 2 is 1.97 bits per heavy atom. The Balaban J connectivity index is 1.77. The lowest BCUT2D eigenvalue weighted by molar-refractivity contribution is -0.135. The molecule has 166 valence electrons. The third kappa shape index (κ3) is 6.17. The number of halogens is 1. The van der Waals surface area contributed by atoms with Gasteiger partial charge < -0.3 is 15.1 Å². The first-order valence-electron chi connectivity index (χ1n) is 10.7. The van der Waals surface area contributed by atoms with Gasteiger partial charge in [-0.3, -0.25) is 9.59 Å². The van der Waals surface area contributed by atoms with Crippen LogP contribution in [0.25, 0.3) is 0 Å². The van der Waals surface area contributed by atoms with E-state index in [1.165, 1.54) is 6.92 Å². The van der Waals surface area contributed by atoms with Crippen LogP contribution in [0.4, 0.5) is 5.82 Å². The molecule has 1 aliphatic rings. The average Bonchev–Trinajstić information content (AvgIpc) is 2.78. The molecule has 1 aromatic carbocycles. The first-order valence-corrected chi connectivity index (χ1v) is 11.1. The minimum absolute atomic E-state index is 0.0251. The van der Waals surface area contributed by atoms with Crippen molar-refractivity contribution < 1.29 is 9.59 Å². The van der Waals surface area contributed by atoms with Gasteiger partial charge in [-0.25, -0.2) is 9.97 Å². The van der Waals surface area contributed by atoms with Crippen LogP contribution in [0.15, 0.2) is 30.3 Å². The van der Waals surface area contributed by atoms with Crippen LogP contribution in [0.5, 0.6) is 0 Å². The number of carbonyl (C=O) groups excluding carboxylic acids is 2. The first-order chi connectivity index (χ1) is 14.9. The maximum atomic E-state index is 13.1. The molecule has 0 aliphatic carbocycles. The lowest BCUT2D eigenvalue weighted by Crippen LogP contribution is -2.39. The second-order valence-electron chi connectivity index (χ2n) is 7.95. The van der Waals surface area contributed by atoms with Crippen molar-refractivity contribution in [1.29, 1.82) is 0 Å². The van der Waals surface area contributed by atoms with Crippen molar-refractivity contribution in [2.75, 3.05) is 26.0 Å². The van der Waals surface area contributed by atoms with Crippen molar-refractivity contribution in [3.63, 3.8) is 0 Å². The topological polar surface area (TPSA) is 78.4 Å². The van der Waals surface area contributed by atoms with Crippen molar-refractivity contribution in [1.82, 2.24) is 19.8 Å². The molecule has 0 radical (unpaired) electrons. The lowest BCUT2D eigenvalue weighted by Gasteiger charge is -2.35. The zero-order valence-corrected chi connectivity index (χ0v) is 19.2. The maximum Gasteiger partial charge on any atom is 0.223 e. The Hall–Kier alpha value is -2.67. The molecular weight excluding hydrogens is 414 g/mol. The monoisotopic (exact) mass is 443 g/mol. The fourth-order valence-corrected chi connectivity index (χ4v) is 3.90. The number of nitrogens with zero attached hydrogens (tertiary/aromatic N) is 4. The van der Waals surface area contributed by atoms with E-state index < -0.39 is 0 Å². The molecule has 1 unspecified atom stereocenters. The van der Waals surface area contributed by atoms with Gasteiger partial charge in [0, 0.05) is 45.1 Å². The number of likely N-dealkylation sites (tertiary alicyclic amines) is 1. The Morgan fingerprint density at radius 3 is 2.65 bits per heavy atom. The highest BCUT2D eigenvalue weighted by molar-refractivity contribution is 6.30. The van der Waals surface area contributed by atoms with Gasteiger partial charge in [-0.05, 0) is 43.4 Å². The molecule has 0 saturated carbocycles. The molecule has 1 atom stereocenters. The number of amides is 2. The summed E-state index contributed by atoms with van der Waals surface area (Å²) in [5, 5.41) is 3.77. The summed E-state index contributed by atoms with van der Waals surface area (Å²) in [6.45, 7) is 2.64. The van der Waals surface area contributed by atoms with E-state index in [9.17, 15) is 9.59 Å². The number of rotatable bonds is 7. The normalized spacial score (nSPS) is 16.1. The van der Waals surface area contributed by atoms with Gasteiger partial charge in [0.15, 0.2) is 5.82 Å². The van der Waals surface area contributed by atoms with Crippen molar-refractivity contribution in [2.45, 2.75) is 51.6 Å². The molecule has 1 aromatic heterocycles. The van der Waals surface area contributed by atoms with E-state index in [1.54, 1.807) is 19.0 Å². The van der Waals surface area contributed by atoms with Gasteiger partial charge >= 0.3 is 0 Å². The molecule has 7 nitrogen and oxygen atoms in total. The van der Waals surface area contributed by atoms with E-state index in [2.05, 4.69) is 10.3 Å². The van der Waals surface area contributed by atoms with Gasteiger partial charge in [-0.1, -0.05) is 23.7 Å². The third-order valence-corrected chi connectivity index (χ3v) is 5.90. The summed E-state index contributed by atoms with van der Waals surface area (Å²) < 4.78 is 0. The highest BCUT2D eigenvalue weighted by Gasteiger charge is 2.30. The Bertz CT molecular complexity index is 919. The zero-order chi connectivity index (χ0) is 22.4. The number of hydrogen-bond acceptors (Lipinski definition) is 5. The van der Waals surface area contributed by atoms with E-state index in [4.69, 9.17) is 16.6 Å². The van der Waals surface area contributed by atoms with Gasteiger partial charge in [0.2, 0.25) is 11.8 Å². The number of anilines is 1. The number of hydrogen-bond donors (Lipinski definition) is 1. The van der Waals surface area contributed by atoms with Crippen LogP contribution in [0, 0.1) is 0 Å². The molecule has 2 aromatic rings. The van der Waals surface area contributed by atoms with Gasteiger partial charge in [-0.2, -0.15) is 0 Å². The SMILES string of the molecule is CNc1cc(CN(C)C(C)=O)nc(C2CCCCN2C(=O)CCc2ccc(Cl)cc2)n1. The van der Waals surface area contributed by atoms with Gasteiger partial charge in [0.05, 0.1) is 18.3 Å². The Morgan fingerprint density at radius 1 is 1.23 bits per heavy atom. The van der Waals surface area contributed by atoms with Crippen molar-refractivity contribution >= 4 is 29.2 Å². The molecule has 1 aliphatic heterocycles. The van der Waals surface area contributed by atoms with Gasteiger partial charge in [-0.15, -0.1) is 0 Å². The summed E-state index contributed by atoms with van der Waals surface area (Å²) >= 11 is 5.95. The summed E-state index contributed by atoms with van der Waals surface area (Å²) in [6.07, 6.45) is 3.95. The average molecular weight is 444 g/mol. The minimum atomic E-state index is -0.152. The fraction of sp³-hybridized carbons (Fsp3) is 0.478. The molecule has 31 heavy (non-hydrogen) atoms. The predicted octanol–water partition coefficient (Wildman–Crippen LogP) is 3.84. The summed E-state index contributed by atoms with van der Waals surface area (Å²) in [6, 6.07) is 9.31. The second-order valence-corrected chi connectivity index (χ2v) is 8.39. The number of carbonyl (C=O) groups is 2. The van der Waals surface area contributed by atoms with Crippen LogP contribution in [0.1, 0.15) is 55.7 Å². The van der Waals surface area contributed by atoms with E-state index in [0.29, 0.717) is 42.6 Å². The predicted molar refractivity (Wildman–Crippen MR) is 122 cm³/mol. The number of benzene rings is 1. The van der Waals surface area contributed by atoms with E-state index in [-0.39, 0.29) is 17.9 Å².